The Morgan fingerprint density at radius 1 is 1.04 bits per heavy atom. The van der Waals surface area contributed by atoms with Gasteiger partial charge in [0.1, 0.15) is 0 Å². The van der Waals surface area contributed by atoms with Crippen molar-refractivity contribution in [2.75, 3.05) is 21.3 Å². The van der Waals surface area contributed by atoms with Crippen LogP contribution in [0.25, 0.3) is 0 Å². The van der Waals surface area contributed by atoms with Crippen molar-refractivity contribution in [2.45, 2.75) is 13.0 Å². The Morgan fingerprint density at radius 3 is 2.33 bits per heavy atom. The average Bonchev–Trinajstić information content (AvgIpc) is 2.60. The third-order valence-corrected chi connectivity index (χ3v) is 3.67. The number of carbonyl (C=O) groups excluding carboxylic acids is 1. The number of hydrogen-bond donors (Lipinski definition) is 1. The maximum atomic E-state index is 13.8. The highest BCUT2D eigenvalue weighted by Gasteiger charge is 2.19. The molecule has 0 aliphatic rings. The molecule has 5 nitrogen and oxygen atoms in total. The van der Waals surface area contributed by atoms with Crippen LogP contribution < -0.4 is 19.5 Å². The number of hydrogen-bond acceptors (Lipinski definition) is 4. The number of nitrogens with one attached hydrogen (secondary N) is 1. The summed E-state index contributed by atoms with van der Waals surface area (Å²) < 4.78 is 29.2. The van der Waals surface area contributed by atoms with Gasteiger partial charge >= 0.3 is 0 Å². The van der Waals surface area contributed by atoms with Crippen LogP contribution >= 0.6 is 0 Å². The zero-order valence-corrected chi connectivity index (χ0v) is 14.1. The lowest BCUT2D eigenvalue weighted by Crippen LogP contribution is -2.27. The van der Waals surface area contributed by atoms with Crippen molar-refractivity contribution in [3.8, 4) is 17.2 Å². The van der Waals surface area contributed by atoms with Crippen LogP contribution in [0.2, 0.25) is 0 Å². The highest BCUT2D eigenvalue weighted by Crippen LogP contribution is 2.31. The molecule has 0 aliphatic carbocycles. The largest absolute Gasteiger partial charge is 0.494 e. The molecule has 24 heavy (non-hydrogen) atoms. The maximum Gasteiger partial charge on any atom is 0.255 e. The molecule has 1 unspecified atom stereocenters. The Morgan fingerprint density at radius 2 is 1.75 bits per heavy atom. The van der Waals surface area contributed by atoms with Gasteiger partial charge in [-0.25, -0.2) is 4.39 Å². The minimum Gasteiger partial charge on any atom is -0.494 e. The lowest BCUT2D eigenvalue weighted by molar-refractivity contribution is 0.0936. The van der Waals surface area contributed by atoms with Gasteiger partial charge in [0.15, 0.2) is 23.1 Å². The predicted molar refractivity (Wildman–Crippen MR) is 88.4 cm³/mol. The first kappa shape index (κ1) is 17.6. The van der Waals surface area contributed by atoms with Crippen LogP contribution in [0.4, 0.5) is 4.39 Å². The summed E-state index contributed by atoms with van der Waals surface area (Å²) in [6.07, 6.45) is 0. The van der Waals surface area contributed by atoms with Gasteiger partial charge in [-0.05, 0) is 36.8 Å². The number of halogens is 1. The van der Waals surface area contributed by atoms with E-state index in [9.17, 15) is 9.18 Å². The Bertz CT molecular complexity index is 733. The molecule has 0 heterocycles. The van der Waals surface area contributed by atoms with Gasteiger partial charge in [0.25, 0.3) is 5.91 Å². The van der Waals surface area contributed by atoms with Crippen LogP contribution in [0.3, 0.4) is 0 Å². The number of amides is 1. The molecule has 2 rings (SSSR count). The molecule has 6 heteroatoms. The summed E-state index contributed by atoms with van der Waals surface area (Å²) in [5.74, 6) is 0.162. The maximum absolute atomic E-state index is 13.8. The summed E-state index contributed by atoms with van der Waals surface area (Å²) >= 11 is 0. The summed E-state index contributed by atoms with van der Waals surface area (Å²) in [5, 5.41) is 2.82. The second kappa shape index (κ2) is 7.68. The van der Waals surface area contributed by atoms with Gasteiger partial charge in [-0.15, -0.1) is 0 Å². The van der Waals surface area contributed by atoms with Gasteiger partial charge in [0.05, 0.1) is 32.9 Å². The quantitative estimate of drug-likeness (QED) is 0.881. The minimum absolute atomic E-state index is 0.159. The van der Waals surface area contributed by atoms with Crippen LogP contribution in [0, 0.1) is 5.82 Å². The van der Waals surface area contributed by atoms with Crippen molar-refractivity contribution in [3.05, 3.63) is 53.3 Å². The highest BCUT2D eigenvalue weighted by molar-refractivity contribution is 5.98. The predicted octanol–water partition coefficient (Wildman–Crippen LogP) is 3.34. The van der Waals surface area contributed by atoms with E-state index in [0.29, 0.717) is 22.6 Å². The molecule has 0 aromatic heterocycles. The van der Waals surface area contributed by atoms with Crippen molar-refractivity contribution >= 4 is 5.91 Å². The normalized spacial score (nSPS) is 11.5. The molecule has 0 fully saturated rings. The van der Waals surface area contributed by atoms with Crippen LogP contribution in [0.15, 0.2) is 36.4 Å². The molecule has 0 radical (unpaired) electrons. The Hall–Kier alpha value is -2.76. The topological polar surface area (TPSA) is 56.8 Å². The molecule has 0 saturated carbocycles. The zero-order chi connectivity index (χ0) is 17.7. The Labute approximate surface area is 140 Å². The van der Waals surface area contributed by atoms with Crippen molar-refractivity contribution in [1.29, 1.82) is 0 Å². The third kappa shape index (κ3) is 3.59. The molecule has 2 aromatic carbocycles. The van der Waals surface area contributed by atoms with Gasteiger partial charge in [0.2, 0.25) is 0 Å². The van der Waals surface area contributed by atoms with E-state index >= 15 is 0 Å². The molecule has 1 atom stereocenters. The van der Waals surface area contributed by atoms with Crippen molar-refractivity contribution in [3.63, 3.8) is 0 Å². The van der Waals surface area contributed by atoms with E-state index in [-0.39, 0.29) is 11.7 Å². The molecular weight excluding hydrogens is 313 g/mol. The Kier molecular flexibility index (Phi) is 5.63. The fraction of sp³-hybridized carbons (Fsp3) is 0.278. The van der Waals surface area contributed by atoms with Gasteiger partial charge in [-0.3, -0.25) is 4.79 Å². The van der Waals surface area contributed by atoms with Crippen molar-refractivity contribution in [1.82, 2.24) is 5.32 Å². The number of benzene rings is 2. The lowest BCUT2D eigenvalue weighted by Gasteiger charge is -2.17. The Balaban J connectivity index is 2.22. The third-order valence-electron chi connectivity index (χ3n) is 3.67. The second-order valence-electron chi connectivity index (χ2n) is 5.13. The fourth-order valence-electron chi connectivity index (χ4n) is 2.38. The first-order valence-corrected chi connectivity index (χ1v) is 7.37. The van der Waals surface area contributed by atoms with Gasteiger partial charge in [0, 0.05) is 0 Å². The molecule has 0 bridgehead atoms. The minimum atomic E-state index is -0.477. The van der Waals surface area contributed by atoms with Gasteiger partial charge in [-0.2, -0.15) is 0 Å². The molecule has 1 amide bonds. The van der Waals surface area contributed by atoms with Gasteiger partial charge < -0.3 is 19.5 Å². The summed E-state index contributed by atoms with van der Waals surface area (Å²) in [7, 11) is 4.37. The summed E-state index contributed by atoms with van der Waals surface area (Å²) in [6.45, 7) is 1.77. The number of carbonyl (C=O) groups is 1. The first-order chi connectivity index (χ1) is 11.5. The molecule has 2 aromatic rings. The summed E-state index contributed by atoms with van der Waals surface area (Å²) in [4.78, 5) is 12.5. The van der Waals surface area contributed by atoms with E-state index < -0.39 is 11.9 Å². The smallest absolute Gasteiger partial charge is 0.255 e. The SMILES string of the molecule is COc1ccc(C(C)NC(=O)c2cccc(OC)c2OC)cc1F. The van der Waals surface area contributed by atoms with Crippen LogP contribution in [-0.2, 0) is 0 Å². The highest BCUT2D eigenvalue weighted by atomic mass is 19.1. The van der Waals surface area contributed by atoms with Gasteiger partial charge in [-0.1, -0.05) is 12.1 Å². The number of rotatable bonds is 6. The number of ether oxygens (including phenoxy) is 3. The fourth-order valence-corrected chi connectivity index (χ4v) is 2.38. The van der Waals surface area contributed by atoms with E-state index in [4.69, 9.17) is 14.2 Å². The van der Waals surface area contributed by atoms with Crippen molar-refractivity contribution in [2.24, 2.45) is 0 Å². The van der Waals surface area contributed by atoms with Crippen LogP contribution in [-0.4, -0.2) is 27.2 Å². The lowest BCUT2D eigenvalue weighted by atomic mass is 10.1. The standard InChI is InChI=1S/C18H20FNO4/c1-11(12-8-9-15(22-2)14(19)10-12)20-18(21)13-6-5-7-16(23-3)17(13)24-4/h5-11H,1-4H3,(H,20,21). The molecule has 0 saturated heterocycles. The van der Waals surface area contributed by atoms with E-state index in [1.165, 1.54) is 33.5 Å². The van der Waals surface area contributed by atoms with Crippen molar-refractivity contribution < 1.29 is 23.4 Å². The second-order valence-corrected chi connectivity index (χ2v) is 5.13. The number of para-hydroxylation sites is 1. The summed E-state index contributed by atoms with van der Waals surface area (Å²) in [6, 6.07) is 9.22. The molecule has 1 N–H and O–H groups in total. The summed E-state index contributed by atoms with van der Waals surface area (Å²) in [5.41, 5.74) is 0.973. The first-order valence-electron chi connectivity index (χ1n) is 7.37. The molecule has 0 aliphatic heterocycles. The van der Waals surface area contributed by atoms with E-state index in [1.54, 1.807) is 31.2 Å². The monoisotopic (exact) mass is 333 g/mol. The molecule has 0 spiro atoms. The average molecular weight is 333 g/mol. The van der Waals surface area contributed by atoms with Crippen LogP contribution in [0.1, 0.15) is 28.9 Å². The molecular formula is C18H20FNO4. The zero-order valence-electron chi connectivity index (χ0n) is 14.1. The van der Waals surface area contributed by atoms with Crippen LogP contribution in [0.5, 0.6) is 17.2 Å². The van der Waals surface area contributed by atoms with E-state index in [0.717, 1.165) is 0 Å². The van der Waals surface area contributed by atoms with E-state index in [2.05, 4.69) is 5.32 Å². The molecule has 128 valence electrons. The number of methoxy groups -OCH3 is 3. The van der Waals surface area contributed by atoms with E-state index in [1.807, 2.05) is 0 Å².